The molecule has 0 bridgehead atoms. The molecule has 2 aromatic carbocycles. The van der Waals surface area contributed by atoms with Crippen molar-refractivity contribution in [1.82, 2.24) is 24.7 Å². The highest BCUT2D eigenvalue weighted by molar-refractivity contribution is 6.34. The number of benzene rings is 2. The molecule has 2 fully saturated rings. The van der Waals surface area contributed by atoms with Gasteiger partial charge in [-0.05, 0) is 43.3 Å². The van der Waals surface area contributed by atoms with Gasteiger partial charge in [0.15, 0.2) is 17.4 Å². The van der Waals surface area contributed by atoms with E-state index in [4.69, 9.17) is 26.2 Å². The number of halogens is 3. The number of hydrogen-bond acceptors (Lipinski definition) is 8. The highest BCUT2D eigenvalue weighted by Gasteiger charge is 2.35. The van der Waals surface area contributed by atoms with Gasteiger partial charge in [0, 0.05) is 51.0 Å². The number of ether oxygens (including phenoxy) is 1. The number of aromatic nitrogens is 2. The summed E-state index contributed by atoms with van der Waals surface area (Å²) in [4.78, 5) is 54.8. The van der Waals surface area contributed by atoms with Crippen molar-refractivity contribution >= 4 is 41.5 Å². The second-order valence-electron chi connectivity index (χ2n) is 10.5. The molecule has 0 unspecified atom stereocenters. The highest BCUT2D eigenvalue weighted by Crippen LogP contribution is 2.30. The number of carbonyl (C=O) groups excluding carboxylic acids is 3. The fourth-order valence-electron chi connectivity index (χ4n) is 5.38. The predicted octanol–water partition coefficient (Wildman–Crippen LogP) is 2.24. The second kappa shape index (κ2) is 15.1. The summed E-state index contributed by atoms with van der Waals surface area (Å²) in [5.74, 6) is -4.06. The van der Waals surface area contributed by atoms with Crippen LogP contribution in [0.1, 0.15) is 27.4 Å². The number of piperazine rings is 1. The Morgan fingerprint density at radius 1 is 1.11 bits per heavy atom. The molecule has 1 aromatic heterocycles. The highest BCUT2D eigenvalue weighted by atomic mass is 35.5. The number of methoxy groups -OCH3 is 1. The van der Waals surface area contributed by atoms with Gasteiger partial charge >= 0.3 is 0 Å². The molecule has 2 aliphatic rings. The Labute approximate surface area is 267 Å². The van der Waals surface area contributed by atoms with E-state index in [-0.39, 0.29) is 51.7 Å². The lowest BCUT2D eigenvalue weighted by Crippen LogP contribution is -2.55. The van der Waals surface area contributed by atoms with Crippen molar-refractivity contribution in [3.05, 3.63) is 64.6 Å². The SMILES string of the molecule is COc1ccc(-c2cnc(C(=O)Nc3ccc(C(=O)N4CCN(C(=O)[C@H]5CCNC[C@@H]5O)CC4)c(Cl)c3)n2C)c(F)c1F.O=CO. The third kappa shape index (κ3) is 7.27. The zero-order valence-corrected chi connectivity index (χ0v) is 25.8. The summed E-state index contributed by atoms with van der Waals surface area (Å²) in [5.41, 5.74) is 0.627. The molecule has 3 aromatic rings. The number of aliphatic hydroxyl groups excluding tert-OH is 1. The summed E-state index contributed by atoms with van der Waals surface area (Å²) in [6.07, 6.45) is 1.11. The number of piperidine rings is 1. The molecule has 0 spiro atoms. The van der Waals surface area contributed by atoms with Crippen LogP contribution in [0.5, 0.6) is 5.75 Å². The normalized spacial score (nSPS) is 17.9. The number of nitrogens with zero attached hydrogens (tertiary/aromatic N) is 4. The number of aliphatic hydroxyl groups is 1. The van der Waals surface area contributed by atoms with E-state index in [0.29, 0.717) is 51.4 Å². The molecule has 2 atom stereocenters. The summed E-state index contributed by atoms with van der Waals surface area (Å²) in [6.45, 7) is 2.16. The fraction of sp³-hybridized carbons (Fsp3) is 0.367. The molecule has 2 saturated heterocycles. The van der Waals surface area contributed by atoms with Crippen LogP contribution >= 0.6 is 11.6 Å². The molecule has 46 heavy (non-hydrogen) atoms. The number of hydrogen-bond donors (Lipinski definition) is 4. The Hall–Kier alpha value is -4.60. The molecule has 3 amide bonds. The molecule has 0 radical (unpaired) electrons. The smallest absolute Gasteiger partial charge is 0.291 e. The summed E-state index contributed by atoms with van der Waals surface area (Å²) >= 11 is 6.44. The van der Waals surface area contributed by atoms with E-state index in [0.717, 1.165) is 0 Å². The number of imidazole rings is 1. The van der Waals surface area contributed by atoms with Gasteiger partial charge in [-0.2, -0.15) is 4.39 Å². The van der Waals surface area contributed by atoms with Crippen LogP contribution in [0, 0.1) is 17.6 Å². The Morgan fingerprint density at radius 3 is 2.41 bits per heavy atom. The fourth-order valence-corrected chi connectivity index (χ4v) is 5.64. The van der Waals surface area contributed by atoms with Gasteiger partial charge in [0.1, 0.15) is 0 Å². The lowest BCUT2D eigenvalue weighted by molar-refractivity contribution is -0.142. The molecule has 4 N–H and O–H groups in total. The van der Waals surface area contributed by atoms with Gasteiger partial charge in [-0.15, -0.1) is 0 Å². The van der Waals surface area contributed by atoms with E-state index >= 15 is 0 Å². The first-order chi connectivity index (χ1) is 22.0. The maximum absolute atomic E-state index is 14.6. The maximum Gasteiger partial charge on any atom is 0.291 e. The van der Waals surface area contributed by atoms with Gasteiger partial charge in [-0.25, -0.2) is 9.37 Å². The molecule has 5 rings (SSSR count). The first-order valence-corrected chi connectivity index (χ1v) is 14.6. The summed E-state index contributed by atoms with van der Waals surface area (Å²) in [7, 11) is 2.72. The first kappa shape index (κ1) is 34.3. The van der Waals surface area contributed by atoms with Gasteiger partial charge in [0.2, 0.25) is 11.7 Å². The quantitative estimate of drug-likeness (QED) is 0.290. The third-order valence-corrected chi connectivity index (χ3v) is 8.15. The van der Waals surface area contributed by atoms with Gasteiger partial charge in [-0.3, -0.25) is 19.2 Å². The molecule has 0 aliphatic carbocycles. The second-order valence-corrected chi connectivity index (χ2v) is 10.9. The number of β-amino-alcohol motifs (C(OH)–C–C–N with tert-alkyl or cyclic N) is 1. The lowest BCUT2D eigenvalue weighted by Gasteiger charge is -2.38. The molecule has 16 heteroatoms. The van der Waals surface area contributed by atoms with Crippen molar-refractivity contribution in [1.29, 1.82) is 0 Å². The Balaban J connectivity index is 0.00000154. The van der Waals surface area contributed by atoms with Gasteiger partial charge in [0.05, 0.1) is 41.6 Å². The number of nitrogens with one attached hydrogen (secondary N) is 2. The van der Waals surface area contributed by atoms with Crippen LogP contribution in [0.3, 0.4) is 0 Å². The molecular formula is C30H33ClF2N6O7. The van der Waals surface area contributed by atoms with Crippen molar-refractivity contribution in [3.8, 4) is 17.0 Å². The monoisotopic (exact) mass is 662 g/mol. The number of anilines is 1. The topological polar surface area (TPSA) is 166 Å². The average Bonchev–Trinajstić information content (AvgIpc) is 3.43. The Kier molecular flexibility index (Phi) is 11.3. The van der Waals surface area contributed by atoms with Crippen LogP contribution in [0.15, 0.2) is 36.5 Å². The largest absolute Gasteiger partial charge is 0.494 e. The molecule has 0 saturated carbocycles. The average molecular weight is 663 g/mol. The van der Waals surface area contributed by atoms with Crippen LogP contribution in [0.25, 0.3) is 11.3 Å². The number of carboxylic acid groups (broad SMARTS) is 1. The van der Waals surface area contributed by atoms with Crippen molar-refractivity contribution in [2.24, 2.45) is 13.0 Å². The summed E-state index contributed by atoms with van der Waals surface area (Å²) in [5, 5.41) is 22.9. The summed E-state index contributed by atoms with van der Waals surface area (Å²) < 4.78 is 35.0. The van der Waals surface area contributed by atoms with Crippen LogP contribution in [0.2, 0.25) is 5.02 Å². The minimum absolute atomic E-state index is 0.0636. The number of amides is 3. The molecule has 13 nitrogen and oxygen atoms in total. The van der Waals surface area contributed by atoms with E-state index in [1.807, 2.05) is 0 Å². The predicted molar refractivity (Wildman–Crippen MR) is 163 cm³/mol. The lowest BCUT2D eigenvalue weighted by atomic mass is 9.93. The molecule has 2 aliphatic heterocycles. The molecule has 3 heterocycles. The van der Waals surface area contributed by atoms with E-state index < -0.39 is 29.6 Å². The van der Waals surface area contributed by atoms with Crippen LogP contribution in [0.4, 0.5) is 14.5 Å². The van der Waals surface area contributed by atoms with Gasteiger partial charge in [-0.1, -0.05) is 11.6 Å². The molecule has 246 valence electrons. The zero-order valence-electron chi connectivity index (χ0n) is 25.0. The standard InChI is InChI=1S/C29H31ClF2N6O5.CH2O2/c1-36-21(18-5-6-23(43-2)25(32)24(18)31)14-34-26(36)27(40)35-16-3-4-17(20(30)13-16)28(41)37-9-11-38(12-10-37)29(42)19-7-8-33-15-22(19)39;2-1-3/h3-6,13-14,19,22,33,39H,7-12,15H2,1-2H3,(H,35,40);1H,(H,2,3)/t19-,22-;/m0./s1. The van der Waals surface area contributed by atoms with Crippen molar-refractivity contribution in [2.75, 3.05) is 51.7 Å². The van der Waals surface area contributed by atoms with E-state index in [1.165, 1.54) is 55.3 Å². The van der Waals surface area contributed by atoms with E-state index in [2.05, 4.69) is 15.6 Å². The first-order valence-electron chi connectivity index (χ1n) is 14.2. The van der Waals surface area contributed by atoms with Gasteiger partial charge < -0.3 is 40.0 Å². The van der Waals surface area contributed by atoms with Crippen molar-refractivity contribution in [3.63, 3.8) is 0 Å². The van der Waals surface area contributed by atoms with Crippen molar-refractivity contribution < 1.29 is 42.9 Å². The van der Waals surface area contributed by atoms with Crippen molar-refractivity contribution in [2.45, 2.75) is 12.5 Å². The minimum Gasteiger partial charge on any atom is -0.494 e. The summed E-state index contributed by atoms with van der Waals surface area (Å²) in [6, 6.07) is 7.08. The number of rotatable bonds is 6. The van der Waals surface area contributed by atoms with E-state index in [1.54, 1.807) is 9.80 Å². The zero-order chi connectivity index (χ0) is 33.5. The third-order valence-electron chi connectivity index (χ3n) is 7.84. The van der Waals surface area contributed by atoms with Crippen LogP contribution in [-0.4, -0.2) is 106 Å². The maximum atomic E-state index is 14.6. The Morgan fingerprint density at radius 2 is 1.78 bits per heavy atom. The minimum atomic E-state index is -1.15. The van der Waals surface area contributed by atoms with Crippen LogP contribution in [-0.2, 0) is 16.6 Å². The van der Waals surface area contributed by atoms with E-state index in [9.17, 15) is 28.3 Å². The number of carbonyl (C=O) groups is 4. The Bertz CT molecular complexity index is 1610. The van der Waals surface area contributed by atoms with Gasteiger partial charge in [0.25, 0.3) is 18.3 Å². The molecular weight excluding hydrogens is 630 g/mol. The van der Waals surface area contributed by atoms with Crippen LogP contribution < -0.4 is 15.4 Å².